The van der Waals surface area contributed by atoms with Crippen LogP contribution < -0.4 is 5.73 Å². The summed E-state index contributed by atoms with van der Waals surface area (Å²) in [5.41, 5.74) is 8.27. The Labute approximate surface area is 125 Å². The fraction of sp³-hybridized carbons (Fsp3) is 0.188. The lowest BCUT2D eigenvalue weighted by Crippen LogP contribution is -2.05. The summed E-state index contributed by atoms with van der Waals surface area (Å²) in [4.78, 5) is 4.51. The van der Waals surface area contributed by atoms with Gasteiger partial charge in [0.1, 0.15) is 5.82 Å². The minimum atomic E-state index is -4.31. The molecule has 3 aromatic rings. The molecular weight excluding hydrogens is 291 g/mol. The zero-order valence-electron chi connectivity index (χ0n) is 11.9. The van der Waals surface area contributed by atoms with Crippen LogP contribution in [0.2, 0.25) is 0 Å². The van der Waals surface area contributed by atoms with Crippen molar-refractivity contribution in [3.05, 3.63) is 59.4 Å². The normalized spacial score (nSPS) is 12.0. The SMILES string of the molecule is Cn1c(Cc2ccc(C(F)(F)F)cc2)nc2ccc(N)cc21. The number of nitrogens with zero attached hydrogens (tertiary/aromatic N) is 2. The number of aryl methyl sites for hydroxylation is 1. The van der Waals surface area contributed by atoms with Crippen LogP contribution in [-0.2, 0) is 19.6 Å². The van der Waals surface area contributed by atoms with E-state index < -0.39 is 11.7 Å². The first-order valence-electron chi connectivity index (χ1n) is 6.71. The Balaban J connectivity index is 1.91. The third-order valence-electron chi connectivity index (χ3n) is 3.64. The van der Waals surface area contributed by atoms with E-state index in [1.165, 1.54) is 12.1 Å². The van der Waals surface area contributed by atoms with Crippen molar-refractivity contribution in [2.45, 2.75) is 12.6 Å². The van der Waals surface area contributed by atoms with Crippen molar-refractivity contribution in [1.29, 1.82) is 0 Å². The molecule has 6 heteroatoms. The number of anilines is 1. The molecule has 0 atom stereocenters. The quantitative estimate of drug-likeness (QED) is 0.733. The predicted octanol–water partition coefficient (Wildman–Crippen LogP) is 3.77. The first-order chi connectivity index (χ1) is 10.3. The summed E-state index contributed by atoms with van der Waals surface area (Å²) in [5, 5.41) is 0. The first-order valence-corrected chi connectivity index (χ1v) is 6.71. The Kier molecular flexibility index (Phi) is 3.31. The van der Waals surface area contributed by atoms with Crippen LogP contribution in [0.15, 0.2) is 42.5 Å². The van der Waals surface area contributed by atoms with Crippen LogP contribution >= 0.6 is 0 Å². The number of nitrogens with two attached hydrogens (primary N) is 1. The number of aromatic nitrogens is 2. The molecule has 0 saturated heterocycles. The summed E-state index contributed by atoms with van der Waals surface area (Å²) < 4.78 is 39.6. The van der Waals surface area contributed by atoms with Crippen molar-refractivity contribution >= 4 is 16.7 Å². The Morgan fingerprint density at radius 3 is 2.41 bits per heavy atom. The molecule has 0 amide bonds. The molecule has 0 aliphatic carbocycles. The topological polar surface area (TPSA) is 43.8 Å². The van der Waals surface area contributed by atoms with Gasteiger partial charge in [0.15, 0.2) is 0 Å². The fourth-order valence-corrected chi connectivity index (χ4v) is 2.41. The van der Waals surface area contributed by atoms with E-state index >= 15 is 0 Å². The second kappa shape index (κ2) is 5.05. The van der Waals surface area contributed by atoms with E-state index in [1.807, 2.05) is 23.7 Å². The molecule has 0 saturated carbocycles. The van der Waals surface area contributed by atoms with Gasteiger partial charge in [-0.15, -0.1) is 0 Å². The van der Waals surface area contributed by atoms with Crippen molar-refractivity contribution in [2.75, 3.05) is 5.73 Å². The molecule has 0 bridgehead atoms. The van der Waals surface area contributed by atoms with Gasteiger partial charge >= 0.3 is 6.18 Å². The van der Waals surface area contributed by atoms with Gasteiger partial charge in [0.2, 0.25) is 0 Å². The lowest BCUT2D eigenvalue weighted by atomic mass is 10.1. The summed E-state index contributed by atoms with van der Waals surface area (Å²) in [6.07, 6.45) is -3.85. The van der Waals surface area contributed by atoms with Gasteiger partial charge < -0.3 is 10.3 Å². The maximum Gasteiger partial charge on any atom is 0.416 e. The van der Waals surface area contributed by atoms with Gasteiger partial charge in [0, 0.05) is 19.2 Å². The number of halogens is 3. The van der Waals surface area contributed by atoms with Gasteiger partial charge in [0.25, 0.3) is 0 Å². The van der Waals surface area contributed by atoms with Crippen molar-refractivity contribution in [3.63, 3.8) is 0 Å². The summed E-state index contributed by atoms with van der Waals surface area (Å²) in [6.45, 7) is 0. The summed E-state index contributed by atoms with van der Waals surface area (Å²) in [5.74, 6) is 0.778. The Morgan fingerprint density at radius 2 is 1.77 bits per heavy atom. The highest BCUT2D eigenvalue weighted by atomic mass is 19.4. The van der Waals surface area contributed by atoms with Gasteiger partial charge in [-0.1, -0.05) is 12.1 Å². The third kappa shape index (κ3) is 2.64. The lowest BCUT2D eigenvalue weighted by Gasteiger charge is -2.07. The third-order valence-corrected chi connectivity index (χ3v) is 3.64. The van der Waals surface area contributed by atoms with Crippen LogP contribution in [0.4, 0.5) is 18.9 Å². The number of rotatable bonds is 2. The largest absolute Gasteiger partial charge is 0.416 e. The summed E-state index contributed by atoms with van der Waals surface area (Å²) in [7, 11) is 1.87. The highest BCUT2D eigenvalue weighted by Gasteiger charge is 2.29. The van der Waals surface area contributed by atoms with Crippen molar-refractivity contribution in [1.82, 2.24) is 9.55 Å². The summed E-state index contributed by atoms with van der Waals surface area (Å²) in [6, 6.07) is 10.6. The minimum Gasteiger partial charge on any atom is -0.399 e. The molecule has 0 fully saturated rings. The van der Waals surface area contributed by atoms with E-state index in [0.29, 0.717) is 12.1 Å². The van der Waals surface area contributed by atoms with Crippen LogP contribution in [-0.4, -0.2) is 9.55 Å². The van der Waals surface area contributed by atoms with Gasteiger partial charge in [-0.3, -0.25) is 0 Å². The van der Waals surface area contributed by atoms with Crippen LogP contribution in [0.1, 0.15) is 17.0 Å². The average molecular weight is 305 g/mol. The number of hydrogen-bond acceptors (Lipinski definition) is 2. The summed E-state index contributed by atoms with van der Waals surface area (Å²) >= 11 is 0. The zero-order chi connectivity index (χ0) is 15.9. The molecule has 3 rings (SSSR count). The van der Waals surface area contributed by atoms with E-state index in [2.05, 4.69) is 4.98 Å². The molecule has 0 radical (unpaired) electrons. The molecule has 22 heavy (non-hydrogen) atoms. The Hall–Kier alpha value is -2.50. The molecule has 0 aliphatic rings. The van der Waals surface area contributed by atoms with E-state index in [9.17, 15) is 13.2 Å². The van der Waals surface area contributed by atoms with E-state index in [0.717, 1.165) is 34.6 Å². The second-order valence-electron chi connectivity index (χ2n) is 5.21. The maximum atomic E-state index is 12.6. The Morgan fingerprint density at radius 1 is 1.09 bits per heavy atom. The maximum absolute atomic E-state index is 12.6. The molecule has 1 aromatic heterocycles. The number of imidazole rings is 1. The second-order valence-corrected chi connectivity index (χ2v) is 5.21. The lowest BCUT2D eigenvalue weighted by molar-refractivity contribution is -0.137. The van der Waals surface area contributed by atoms with Crippen LogP contribution in [0.3, 0.4) is 0 Å². The van der Waals surface area contributed by atoms with Gasteiger partial charge in [-0.25, -0.2) is 4.98 Å². The molecule has 114 valence electrons. The molecule has 0 unspecified atom stereocenters. The Bertz CT molecular complexity index is 817. The number of fused-ring (bicyclic) bond motifs is 1. The highest BCUT2D eigenvalue weighted by Crippen LogP contribution is 2.29. The van der Waals surface area contributed by atoms with Crippen LogP contribution in [0, 0.1) is 0 Å². The zero-order valence-corrected chi connectivity index (χ0v) is 11.9. The predicted molar refractivity (Wildman–Crippen MR) is 79.4 cm³/mol. The van der Waals surface area contributed by atoms with Crippen molar-refractivity contribution in [2.24, 2.45) is 7.05 Å². The highest BCUT2D eigenvalue weighted by molar-refractivity contribution is 5.79. The molecule has 0 spiro atoms. The number of hydrogen-bond donors (Lipinski definition) is 1. The van der Waals surface area contributed by atoms with Gasteiger partial charge in [0.05, 0.1) is 16.6 Å². The van der Waals surface area contributed by atoms with Crippen molar-refractivity contribution in [3.8, 4) is 0 Å². The molecular formula is C16H14F3N3. The smallest absolute Gasteiger partial charge is 0.399 e. The van der Waals surface area contributed by atoms with Gasteiger partial charge in [-0.05, 0) is 35.9 Å². The molecule has 2 aromatic carbocycles. The van der Waals surface area contributed by atoms with Crippen LogP contribution in [0.25, 0.3) is 11.0 Å². The number of benzene rings is 2. The standard InChI is InChI=1S/C16H14F3N3/c1-22-14-9-12(20)6-7-13(14)21-15(22)8-10-2-4-11(5-3-10)16(17,18)19/h2-7,9H,8,20H2,1H3. The molecule has 3 nitrogen and oxygen atoms in total. The van der Waals surface area contributed by atoms with E-state index in [4.69, 9.17) is 5.73 Å². The first kappa shape index (κ1) is 14.4. The monoisotopic (exact) mass is 305 g/mol. The van der Waals surface area contributed by atoms with E-state index in [1.54, 1.807) is 6.07 Å². The molecule has 1 heterocycles. The molecule has 0 aliphatic heterocycles. The molecule has 2 N–H and O–H groups in total. The fourth-order valence-electron chi connectivity index (χ4n) is 2.41. The average Bonchev–Trinajstić information content (AvgIpc) is 2.75. The van der Waals surface area contributed by atoms with Crippen LogP contribution in [0.5, 0.6) is 0 Å². The minimum absolute atomic E-state index is 0.462. The van der Waals surface area contributed by atoms with Crippen molar-refractivity contribution < 1.29 is 13.2 Å². The number of alkyl halides is 3. The van der Waals surface area contributed by atoms with Gasteiger partial charge in [-0.2, -0.15) is 13.2 Å². The number of nitrogen functional groups attached to an aromatic ring is 1. The van der Waals surface area contributed by atoms with E-state index in [-0.39, 0.29) is 0 Å².